The van der Waals surface area contributed by atoms with Crippen LogP contribution in [-0.4, -0.2) is 37.3 Å². The highest BCUT2D eigenvalue weighted by atomic mass is 16.5. The Bertz CT molecular complexity index is 892. The lowest BCUT2D eigenvalue weighted by Crippen LogP contribution is -2.21. The summed E-state index contributed by atoms with van der Waals surface area (Å²) in [6.07, 6.45) is 2.71. The summed E-state index contributed by atoms with van der Waals surface area (Å²) >= 11 is 0. The van der Waals surface area contributed by atoms with Gasteiger partial charge in [0.25, 0.3) is 0 Å². The summed E-state index contributed by atoms with van der Waals surface area (Å²) in [5.41, 5.74) is 2.18. The maximum atomic E-state index is 5.62. The van der Waals surface area contributed by atoms with Gasteiger partial charge >= 0.3 is 0 Å². The fourth-order valence-electron chi connectivity index (χ4n) is 3.68. The lowest BCUT2D eigenvalue weighted by molar-refractivity contribution is 0.350. The Morgan fingerprint density at radius 3 is 2.72 bits per heavy atom. The monoisotopic (exact) mass is 335 g/mol. The number of aromatic nitrogens is 2. The first-order chi connectivity index (χ1) is 12.3. The van der Waals surface area contributed by atoms with E-state index >= 15 is 0 Å². The van der Waals surface area contributed by atoms with Crippen LogP contribution in [0.1, 0.15) is 17.9 Å². The second kappa shape index (κ2) is 6.59. The molecule has 2 aromatic carbocycles. The normalized spacial score (nSPS) is 17.0. The second-order valence-electron chi connectivity index (χ2n) is 6.23. The van der Waals surface area contributed by atoms with Gasteiger partial charge in [-0.3, -0.25) is 0 Å². The van der Waals surface area contributed by atoms with Gasteiger partial charge < -0.3 is 14.4 Å². The molecular formula is C20H21N3O2. The van der Waals surface area contributed by atoms with Crippen LogP contribution in [0, 0.1) is 0 Å². The highest BCUT2D eigenvalue weighted by molar-refractivity contribution is 5.89. The molecule has 1 unspecified atom stereocenters. The molecule has 0 N–H and O–H groups in total. The Hall–Kier alpha value is -2.82. The average Bonchev–Trinajstić information content (AvgIpc) is 3.16. The fraction of sp³-hybridized carbons (Fsp3) is 0.300. The summed E-state index contributed by atoms with van der Waals surface area (Å²) < 4.78 is 11.1. The highest BCUT2D eigenvalue weighted by Crippen LogP contribution is 2.40. The van der Waals surface area contributed by atoms with Crippen molar-refractivity contribution in [2.24, 2.45) is 0 Å². The van der Waals surface area contributed by atoms with Crippen molar-refractivity contribution >= 4 is 16.7 Å². The molecule has 128 valence electrons. The molecule has 2 heterocycles. The van der Waals surface area contributed by atoms with Gasteiger partial charge in [0.1, 0.15) is 12.1 Å². The van der Waals surface area contributed by atoms with Crippen LogP contribution >= 0.6 is 0 Å². The van der Waals surface area contributed by atoms with Crippen LogP contribution in [0.25, 0.3) is 10.9 Å². The van der Waals surface area contributed by atoms with Crippen LogP contribution in [0.3, 0.4) is 0 Å². The van der Waals surface area contributed by atoms with Crippen LogP contribution in [0.4, 0.5) is 5.82 Å². The Morgan fingerprint density at radius 2 is 1.88 bits per heavy atom. The van der Waals surface area contributed by atoms with Gasteiger partial charge in [0.05, 0.1) is 19.7 Å². The third kappa shape index (κ3) is 2.76. The summed E-state index contributed by atoms with van der Waals surface area (Å²) in [5.74, 6) is 3.02. The Morgan fingerprint density at radius 1 is 1.00 bits per heavy atom. The Balaban J connectivity index is 1.66. The van der Waals surface area contributed by atoms with Gasteiger partial charge in [0.15, 0.2) is 11.5 Å². The molecule has 25 heavy (non-hydrogen) atoms. The summed E-state index contributed by atoms with van der Waals surface area (Å²) in [5, 5.41) is 1.10. The predicted molar refractivity (Wildman–Crippen MR) is 98.7 cm³/mol. The average molecular weight is 335 g/mol. The number of hydrogen-bond donors (Lipinski definition) is 0. The number of hydrogen-bond acceptors (Lipinski definition) is 5. The third-order valence-electron chi connectivity index (χ3n) is 4.88. The molecule has 0 spiro atoms. The number of anilines is 1. The zero-order chi connectivity index (χ0) is 17.2. The van der Waals surface area contributed by atoms with E-state index in [0.29, 0.717) is 5.92 Å². The van der Waals surface area contributed by atoms with Gasteiger partial charge in [-0.05, 0) is 24.6 Å². The van der Waals surface area contributed by atoms with E-state index in [-0.39, 0.29) is 0 Å². The van der Waals surface area contributed by atoms with Gasteiger partial charge in [-0.15, -0.1) is 0 Å². The quantitative estimate of drug-likeness (QED) is 0.728. The third-order valence-corrected chi connectivity index (χ3v) is 4.88. The molecule has 5 heteroatoms. The zero-order valence-corrected chi connectivity index (χ0v) is 14.5. The molecule has 1 atom stereocenters. The second-order valence-corrected chi connectivity index (χ2v) is 6.23. The molecule has 1 aliphatic heterocycles. The number of para-hydroxylation sites is 2. The van der Waals surface area contributed by atoms with E-state index in [2.05, 4.69) is 27.0 Å². The molecule has 0 bridgehead atoms. The van der Waals surface area contributed by atoms with Crippen LogP contribution in [-0.2, 0) is 0 Å². The molecule has 1 aliphatic rings. The maximum absolute atomic E-state index is 5.62. The van der Waals surface area contributed by atoms with Crippen LogP contribution in [0.5, 0.6) is 11.5 Å². The minimum atomic E-state index is 0.388. The van der Waals surface area contributed by atoms with Gasteiger partial charge in [0.2, 0.25) is 0 Å². The van der Waals surface area contributed by atoms with E-state index in [0.717, 1.165) is 47.7 Å². The topological polar surface area (TPSA) is 47.5 Å². The molecule has 5 nitrogen and oxygen atoms in total. The minimum absolute atomic E-state index is 0.388. The molecule has 3 aromatic rings. The summed E-state index contributed by atoms with van der Waals surface area (Å²) in [7, 11) is 3.38. The number of rotatable bonds is 4. The molecule has 0 saturated carbocycles. The highest BCUT2D eigenvalue weighted by Gasteiger charge is 2.29. The molecule has 1 fully saturated rings. The molecule has 1 saturated heterocycles. The summed E-state index contributed by atoms with van der Waals surface area (Å²) in [6.45, 7) is 1.87. The largest absolute Gasteiger partial charge is 0.493 e. The van der Waals surface area contributed by atoms with Crippen molar-refractivity contribution < 1.29 is 9.47 Å². The van der Waals surface area contributed by atoms with E-state index in [1.807, 2.05) is 30.3 Å². The molecule has 1 aromatic heterocycles. The van der Waals surface area contributed by atoms with Crippen molar-refractivity contribution in [2.75, 3.05) is 32.2 Å². The first-order valence-electron chi connectivity index (χ1n) is 8.47. The fourth-order valence-corrected chi connectivity index (χ4v) is 3.68. The standard InChI is InChI=1S/C20H21N3O2/c1-24-18-9-5-7-15(19(18)25-2)14-10-11-23(12-14)20-16-6-3-4-8-17(16)21-13-22-20/h3-9,13-14H,10-12H2,1-2H3. The summed E-state index contributed by atoms with van der Waals surface area (Å²) in [4.78, 5) is 11.3. The van der Waals surface area contributed by atoms with Crippen molar-refractivity contribution in [1.82, 2.24) is 9.97 Å². The number of fused-ring (bicyclic) bond motifs is 1. The molecule has 4 rings (SSSR count). The van der Waals surface area contributed by atoms with Crippen LogP contribution in [0.2, 0.25) is 0 Å². The van der Waals surface area contributed by atoms with Gasteiger partial charge in [-0.1, -0.05) is 24.3 Å². The van der Waals surface area contributed by atoms with Gasteiger partial charge in [-0.2, -0.15) is 0 Å². The minimum Gasteiger partial charge on any atom is -0.493 e. The lowest BCUT2D eigenvalue weighted by Gasteiger charge is -2.20. The van der Waals surface area contributed by atoms with E-state index in [4.69, 9.17) is 9.47 Å². The van der Waals surface area contributed by atoms with Crippen LogP contribution in [0.15, 0.2) is 48.8 Å². The zero-order valence-electron chi connectivity index (χ0n) is 14.5. The van der Waals surface area contributed by atoms with Crippen molar-refractivity contribution in [1.29, 1.82) is 0 Å². The Kier molecular flexibility index (Phi) is 4.14. The van der Waals surface area contributed by atoms with Crippen LogP contribution < -0.4 is 14.4 Å². The van der Waals surface area contributed by atoms with Crippen molar-refractivity contribution in [3.63, 3.8) is 0 Å². The lowest BCUT2D eigenvalue weighted by atomic mass is 9.97. The Labute approximate surface area is 147 Å². The van der Waals surface area contributed by atoms with Crippen molar-refractivity contribution in [3.05, 3.63) is 54.4 Å². The maximum Gasteiger partial charge on any atom is 0.164 e. The van der Waals surface area contributed by atoms with Crippen molar-refractivity contribution in [2.45, 2.75) is 12.3 Å². The first-order valence-corrected chi connectivity index (χ1v) is 8.47. The van der Waals surface area contributed by atoms with E-state index in [1.54, 1.807) is 20.5 Å². The smallest absolute Gasteiger partial charge is 0.164 e. The predicted octanol–water partition coefficient (Wildman–Crippen LogP) is 3.64. The van der Waals surface area contributed by atoms with Crippen molar-refractivity contribution in [3.8, 4) is 11.5 Å². The number of ether oxygens (including phenoxy) is 2. The van der Waals surface area contributed by atoms with Gasteiger partial charge in [0, 0.05) is 30.0 Å². The number of nitrogens with zero attached hydrogens (tertiary/aromatic N) is 3. The van der Waals surface area contributed by atoms with E-state index in [1.165, 1.54) is 5.56 Å². The molecule has 0 radical (unpaired) electrons. The van der Waals surface area contributed by atoms with E-state index in [9.17, 15) is 0 Å². The number of benzene rings is 2. The SMILES string of the molecule is COc1cccc(C2CCN(c3ncnc4ccccc34)C2)c1OC. The summed E-state index contributed by atoms with van der Waals surface area (Å²) in [6, 6.07) is 14.3. The van der Waals surface area contributed by atoms with E-state index < -0.39 is 0 Å². The molecular weight excluding hydrogens is 314 g/mol. The first kappa shape index (κ1) is 15.7. The number of methoxy groups -OCH3 is 2. The van der Waals surface area contributed by atoms with Gasteiger partial charge in [-0.25, -0.2) is 9.97 Å². The molecule has 0 amide bonds. The molecule has 0 aliphatic carbocycles.